The Balaban J connectivity index is 1.63. The van der Waals surface area contributed by atoms with Crippen molar-refractivity contribution in [2.45, 2.75) is 38.2 Å². The molecule has 112 valence electrons. The van der Waals surface area contributed by atoms with Crippen molar-refractivity contribution in [3.63, 3.8) is 0 Å². The molecule has 0 bridgehead atoms. The second kappa shape index (κ2) is 5.78. The SMILES string of the molecule is CC1CCC(O)(CNC(=O)c2cc3ccccc3s2)CC1. The Bertz CT molecular complexity index is 608. The lowest BCUT2D eigenvalue weighted by atomic mass is 9.79. The molecule has 0 spiro atoms. The van der Waals surface area contributed by atoms with Gasteiger partial charge in [0.05, 0.1) is 10.5 Å². The quantitative estimate of drug-likeness (QED) is 0.910. The van der Waals surface area contributed by atoms with Crippen LogP contribution in [0.1, 0.15) is 42.3 Å². The van der Waals surface area contributed by atoms with Crippen LogP contribution in [0.15, 0.2) is 30.3 Å². The van der Waals surface area contributed by atoms with Crippen LogP contribution in [0.4, 0.5) is 0 Å². The number of thiophene rings is 1. The van der Waals surface area contributed by atoms with Gasteiger partial charge in [-0.05, 0) is 49.1 Å². The van der Waals surface area contributed by atoms with E-state index in [2.05, 4.69) is 12.2 Å². The fraction of sp³-hybridized carbons (Fsp3) is 0.471. The molecular formula is C17H21NO2S. The summed E-state index contributed by atoms with van der Waals surface area (Å²) in [5.41, 5.74) is -0.723. The normalized spacial score (nSPS) is 25.9. The van der Waals surface area contributed by atoms with Gasteiger partial charge in [-0.2, -0.15) is 0 Å². The third-order valence-corrected chi connectivity index (χ3v) is 5.55. The van der Waals surface area contributed by atoms with Crippen LogP contribution < -0.4 is 5.32 Å². The van der Waals surface area contributed by atoms with Gasteiger partial charge < -0.3 is 10.4 Å². The summed E-state index contributed by atoms with van der Waals surface area (Å²) in [6.07, 6.45) is 3.63. The molecule has 0 radical (unpaired) electrons. The Hall–Kier alpha value is -1.39. The van der Waals surface area contributed by atoms with Crippen LogP contribution in [0.2, 0.25) is 0 Å². The van der Waals surface area contributed by atoms with Crippen molar-refractivity contribution >= 4 is 27.3 Å². The maximum atomic E-state index is 12.3. The van der Waals surface area contributed by atoms with Gasteiger partial charge in [0.15, 0.2) is 0 Å². The van der Waals surface area contributed by atoms with E-state index in [4.69, 9.17) is 0 Å². The largest absolute Gasteiger partial charge is 0.388 e. The highest BCUT2D eigenvalue weighted by Gasteiger charge is 2.32. The van der Waals surface area contributed by atoms with E-state index in [1.54, 1.807) is 0 Å². The number of aliphatic hydroxyl groups is 1. The van der Waals surface area contributed by atoms with E-state index < -0.39 is 5.60 Å². The third kappa shape index (κ3) is 3.27. The molecule has 0 unspecified atom stereocenters. The van der Waals surface area contributed by atoms with Gasteiger partial charge in [0.2, 0.25) is 0 Å². The lowest BCUT2D eigenvalue weighted by Gasteiger charge is -2.34. The van der Waals surface area contributed by atoms with Gasteiger partial charge in [0.1, 0.15) is 0 Å². The van der Waals surface area contributed by atoms with Gasteiger partial charge in [-0.3, -0.25) is 4.79 Å². The van der Waals surface area contributed by atoms with Crippen LogP contribution in [0.25, 0.3) is 10.1 Å². The highest BCUT2D eigenvalue weighted by molar-refractivity contribution is 7.20. The number of hydrogen-bond donors (Lipinski definition) is 2. The van der Waals surface area contributed by atoms with E-state index in [9.17, 15) is 9.90 Å². The molecule has 1 aliphatic rings. The molecule has 3 rings (SSSR count). The standard InChI is InChI=1S/C17H21NO2S/c1-12-6-8-17(20,9-7-12)11-18-16(19)15-10-13-4-2-3-5-14(13)21-15/h2-5,10,12,20H,6-9,11H2,1H3,(H,18,19). The Morgan fingerprint density at radius 1 is 1.38 bits per heavy atom. The van der Waals surface area contributed by atoms with Crippen molar-refractivity contribution in [2.75, 3.05) is 6.54 Å². The van der Waals surface area contributed by atoms with Crippen molar-refractivity contribution < 1.29 is 9.90 Å². The number of carbonyl (C=O) groups is 1. The Morgan fingerprint density at radius 3 is 2.81 bits per heavy atom. The topological polar surface area (TPSA) is 49.3 Å². The zero-order valence-corrected chi connectivity index (χ0v) is 13.1. The first-order valence-electron chi connectivity index (χ1n) is 7.55. The molecule has 3 nitrogen and oxygen atoms in total. The predicted octanol–water partition coefficient (Wildman–Crippen LogP) is 3.57. The van der Waals surface area contributed by atoms with E-state index in [1.165, 1.54) is 11.3 Å². The van der Waals surface area contributed by atoms with Gasteiger partial charge in [-0.1, -0.05) is 25.1 Å². The molecule has 0 atom stereocenters. The molecule has 2 aromatic rings. The zero-order valence-electron chi connectivity index (χ0n) is 12.3. The number of rotatable bonds is 3. The number of hydrogen-bond acceptors (Lipinski definition) is 3. The number of carbonyl (C=O) groups excluding carboxylic acids is 1. The monoisotopic (exact) mass is 303 g/mol. The van der Waals surface area contributed by atoms with Gasteiger partial charge in [0.25, 0.3) is 5.91 Å². The minimum atomic E-state index is -0.723. The molecule has 1 aromatic heterocycles. The van der Waals surface area contributed by atoms with E-state index in [0.29, 0.717) is 17.3 Å². The van der Waals surface area contributed by atoms with Crippen LogP contribution in [0, 0.1) is 5.92 Å². The number of benzene rings is 1. The molecule has 1 amide bonds. The maximum absolute atomic E-state index is 12.3. The van der Waals surface area contributed by atoms with Crippen LogP contribution >= 0.6 is 11.3 Å². The molecule has 0 aliphatic heterocycles. The third-order valence-electron chi connectivity index (χ3n) is 4.43. The van der Waals surface area contributed by atoms with Crippen LogP contribution in [0.3, 0.4) is 0 Å². The van der Waals surface area contributed by atoms with Gasteiger partial charge in [-0.25, -0.2) is 0 Å². The molecule has 21 heavy (non-hydrogen) atoms. The first-order chi connectivity index (χ1) is 10.1. The van der Waals surface area contributed by atoms with Crippen molar-refractivity contribution in [2.24, 2.45) is 5.92 Å². The Kier molecular flexibility index (Phi) is 4.00. The molecule has 2 N–H and O–H groups in total. The molecule has 1 aliphatic carbocycles. The predicted molar refractivity (Wildman–Crippen MR) is 86.7 cm³/mol. The summed E-state index contributed by atoms with van der Waals surface area (Å²) in [6.45, 7) is 2.57. The lowest BCUT2D eigenvalue weighted by Crippen LogP contribution is -2.45. The van der Waals surface area contributed by atoms with Crippen molar-refractivity contribution in [3.8, 4) is 0 Å². The van der Waals surface area contributed by atoms with E-state index in [0.717, 1.165) is 35.8 Å². The molecule has 1 fully saturated rings. The molecular weight excluding hydrogens is 282 g/mol. The molecule has 0 saturated heterocycles. The first-order valence-corrected chi connectivity index (χ1v) is 8.37. The highest BCUT2D eigenvalue weighted by atomic mass is 32.1. The van der Waals surface area contributed by atoms with E-state index in [-0.39, 0.29) is 5.91 Å². The van der Waals surface area contributed by atoms with Crippen LogP contribution in [-0.2, 0) is 0 Å². The van der Waals surface area contributed by atoms with Gasteiger partial charge in [-0.15, -0.1) is 11.3 Å². The molecule has 1 aromatic carbocycles. The number of nitrogens with one attached hydrogen (secondary N) is 1. The second-order valence-electron chi connectivity index (χ2n) is 6.24. The van der Waals surface area contributed by atoms with Crippen molar-refractivity contribution in [3.05, 3.63) is 35.2 Å². The zero-order chi connectivity index (χ0) is 14.9. The summed E-state index contributed by atoms with van der Waals surface area (Å²) in [7, 11) is 0. The number of amides is 1. The minimum Gasteiger partial charge on any atom is -0.388 e. The van der Waals surface area contributed by atoms with E-state index in [1.807, 2.05) is 30.3 Å². The van der Waals surface area contributed by atoms with E-state index >= 15 is 0 Å². The summed E-state index contributed by atoms with van der Waals surface area (Å²) >= 11 is 1.50. The highest BCUT2D eigenvalue weighted by Crippen LogP contribution is 2.31. The summed E-state index contributed by atoms with van der Waals surface area (Å²) in [5, 5.41) is 14.5. The molecule has 1 saturated carbocycles. The Morgan fingerprint density at radius 2 is 2.10 bits per heavy atom. The van der Waals surface area contributed by atoms with Gasteiger partial charge in [0, 0.05) is 11.2 Å². The maximum Gasteiger partial charge on any atom is 0.261 e. The van der Waals surface area contributed by atoms with Crippen molar-refractivity contribution in [1.29, 1.82) is 0 Å². The first kappa shape index (κ1) is 14.5. The van der Waals surface area contributed by atoms with Gasteiger partial charge >= 0.3 is 0 Å². The fourth-order valence-electron chi connectivity index (χ4n) is 2.90. The summed E-state index contributed by atoms with van der Waals surface area (Å²) in [5.74, 6) is 0.604. The smallest absolute Gasteiger partial charge is 0.261 e. The average molecular weight is 303 g/mol. The molecule has 1 heterocycles. The average Bonchev–Trinajstić information content (AvgIpc) is 2.92. The minimum absolute atomic E-state index is 0.0803. The second-order valence-corrected chi connectivity index (χ2v) is 7.32. The fourth-order valence-corrected chi connectivity index (χ4v) is 3.88. The summed E-state index contributed by atoms with van der Waals surface area (Å²) < 4.78 is 1.12. The lowest BCUT2D eigenvalue weighted by molar-refractivity contribution is -0.00536. The van der Waals surface area contributed by atoms with Crippen LogP contribution in [-0.4, -0.2) is 23.2 Å². The van der Waals surface area contributed by atoms with Crippen molar-refractivity contribution in [1.82, 2.24) is 5.32 Å². The van der Waals surface area contributed by atoms with Crippen LogP contribution in [0.5, 0.6) is 0 Å². The summed E-state index contributed by atoms with van der Waals surface area (Å²) in [6, 6.07) is 9.91. The summed E-state index contributed by atoms with van der Waals surface area (Å²) in [4.78, 5) is 13.0. The molecule has 4 heteroatoms. The number of fused-ring (bicyclic) bond motifs is 1. The Labute approximate surface area is 129 Å².